The minimum absolute atomic E-state index is 0.00923. The van der Waals surface area contributed by atoms with Crippen LogP contribution < -0.4 is 10.5 Å². The molecule has 0 saturated carbocycles. The van der Waals surface area contributed by atoms with E-state index in [2.05, 4.69) is 9.84 Å². The molecule has 2 rings (SSSR count). The topological polar surface area (TPSA) is 79.4 Å². The van der Waals surface area contributed by atoms with Gasteiger partial charge in [0.2, 0.25) is 0 Å². The molecule has 22 heavy (non-hydrogen) atoms. The molecule has 0 bridgehead atoms. The first kappa shape index (κ1) is 15.7. The molecule has 1 aromatic heterocycles. The highest BCUT2D eigenvalue weighted by Crippen LogP contribution is 2.24. The number of benzene rings is 1. The third kappa shape index (κ3) is 3.68. The van der Waals surface area contributed by atoms with Gasteiger partial charge in [0, 0.05) is 6.07 Å². The van der Waals surface area contributed by atoms with Gasteiger partial charge in [-0.05, 0) is 31.2 Å². The maximum atomic E-state index is 12.1. The van der Waals surface area contributed by atoms with Crippen LogP contribution in [-0.2, 0) is 4.74 Å². The number of hydrogen-bond acceptors (Lipinski definition) is 5. The smallest absolute Gasteiger partial charge is 0.461 e. The minimum Gasteiger partial charge on any atom is -0.461 e. The van der Waals surface area contributed by atoms with Crippen molar-refractivity contribution in [1.82, 2.24) is 9.78 Å². The molecule has 0 aliphatic carbocycles. The van der Waals surface area contributed by atoms with Gasteiger partial charge in [0.1, 0.15) is 11.6 Å². The van der Waals surface area contributed by atoms with E-state index in [0.717, 1.165) is 12.1 Å². The summed E-state index contributed by atoms with van der Waals surface area (Å²) in [5.41, 5.74) is 6.12. The van der Waals surface area contributed by atoms with Crippen molar-refractivity contribution in [2.75, 3.05) is 12.3 Å². The molecule has 9 heteroatoms. The number of rotatable bonds is 4. The van der Waals surface area contributed by atoms with E-state index in [9.17, 15) is 18.0 Å². The van der Waals surface area contributed by atoms with E-state index >= 15 is 0 Å². The Hall–Kier alpha value is -2.71. The highest BCUT2D eigenvalue weighted by molar-refractivity contribution is 5.88. The second kappa shape index (κ2) is 5.96. The maximum Gasteiger partial charge on any atom is 0.573 e. The fourth-order valence-electron chi connectivity index (χ4n) is 1.70. The quantitative estimate of drug-likeness (QED) is 0.877. The molecular weight excluding hydrogens is 303 g/mol. The molecule has 0 aliphatic heterocycles. The molecule has 118 valence electrons. The lowest BCUT2D eigenvalue weighted by atomic mass is 10.3. The lowest BCUT2D eigenvalue weighted by molar-refractivity contribution is -0.274. The van der Waals surface area contributed by atoms with Gasteiger partial charge >= 0.3 is 12.3 Å². The van der Waals surface area contributed by atoms with Crippen molar-refractivity contribution >= 4 is 11.8 Å². The van der Waals surface area contributed by atoms with Crippen LogP contribution in [-0.4, -0.2) is 28.7 Å². The molecule has 0 spiro atoms. The molecule has 2 N–H and O–H groups in total. The SMILES string of the molecule is CCOC(=O)c1cc(N)n(-c2ccc(OC(F)(F)F)cc2)n1. The van der Waals surface area contributed by atoms with Gasteiger partial charge in [0.05, 0.1) is 12.3 Å². The number of carbonyl (C=O) groups is 1. The number of aromatic nitrogens is 2. The Morgan fingerprint density at radius 3 is 2.50 bits per heavy atom. The van der Waals surface area contributed by atoms with Crippen molar-refractivity contribution in [1.29, 1.82) is 0 Å². The summed E-state index contributed by atoms with van der Waals surface area (Å²) < 4.78 is 46.0. The van der Waals surface area contributed by atoms with E-state index in [4.69, 9.17) is 10.5 Å². The van der Waals surface area contributed by atoms with Crippen LogP contribution in [0.5, 0.6) is 5.75 Å². The summed E-state index contributed by atoms with van der Waals surface area (Å²) in [4.78, 5) is 11.6. The van der Waals surface area contributed by atoms with Gasteiger partial charge in [-0.1, -0.05) is 0 Å². The predicted molar refractivity (Wildman–Crippen MR) is 70.6 cm³/mol. The molecule has 1 heterocycles. The molecular formula is C13H12F3N3O3. The monoisotopic (exact) mass is 315 g/mol. The molecule has 0 unspecified atom stereocenters. The van der Waals surface area contributed by atoms with Gasteiger partial charge < -0.3 is 15.2 Å². The first-order chi connectivity index (χ1) is 10.3. The van der Waals surface area contributed by atoms with E-state index in [1.807, 2.05) is 0 Å². The summed E-state index contributed by atoms with van der Waals surface area (Å²) in [7, 11) is 0. The molecule has 6 nitrogen and oxygen atoms in total. The Kier molecular flexibility index (Phi) is 4.25. The highest BCUT2D eigenvalue weighted by Gasteiger charge is 2.31. The van der Waals surface area contributed by atoms with E-state index in [0.29, 0.717) is 5.69 Å². The fourth-order valence-corrected chi connectivity index (χ4v) is 1.70. The predicted octanol–water partition coefficient (Wildman–Crippen LogP) is 2.53. The first-order valence-corrected chi connectivity index (χ1v) is 6.19. The van der Waals surface area contributed by atoms with Gasteiger partial charge in [-0.2, -0.15) is 5.10 Å². The lowest BCUT2D eigenvalue weighted by Gasteiger charge is -2.09. The van der Waals surface area contributed by atoms with Crippen LogP contribution in [0.3, 0.4) is 0 Å². The average molecular weight is 315 g/mol. The summed E-state index contributed by atoms with van der Waals surface area (Å²) in [5, 5.41) is 3.96. The number of ether oxygens (including phenoxy) is 2. The van der Waals surface area contributed by atoms with Crippen LogP contribution in [0, 0.1) is 0 Å². The number of carbonyl (C=O) groups excluding carboxylic acids is 1. The third-order valence-corrected chi connectivity index (χ3v) is 2.54. The van der Waals surface area contributed by atoms with Gasteiger partial charge in [-0.25, -0.2) is 9.48 Å². The van der Waals surface area contributed by atoms with Crippen molar-refractivity contribution in [2.24, 2.45) is 0 Å². The molecule has 1 aromatic carbocycles. The maximum absolute atomic E-state index is 12.1. The zero-order valence-electron chi connectivity index (χ0n) is 11.4. The molecule has 2 aromatic rings. The average Bonchev–Trinajstić information content (AvgIpc) is 2.80. The summed E-state index contributed by atoms with van der Waals surface area (Å²) in [6, 6.07) is 6.22. The third-order valence-electron chi connectivity index (χ3n) is 2.54. The van der Waals surface area contributed by atoms with Crippen molar-refractivity contribution in [2.45, 2.75) is 13.3 Å². The molecule has 0 fully saturated rings. The Morgan fingerprint density at radius 2 is 1.95 bits per heavy atom. The number of nitrogen functional groups attached to an aromatic ring is 1. The van der Waals surface area contributed by atoms with Gasteiger partial charge in [-0.15, -0.1) is 13.2 Å². The Balaban J connectivity index is 2.23. The second-order valence-electron chi connectivity index (χ2n) is 4.13. The van der Waals surface area contributed by atoms with Crippen molar-refractivity contribution in [3.63, 3.8) is 0 Å². The van der Waals surface area contributed by atoms with E-state index in [1.165, 1.54) is 22.9 Å². The van der Waals surface area contributed by atoms with Crippen molar-refractivity contribution in [3.05, 3.63) is 36.0 Å². The number of esters is 1. The minimum atomic E-state index is -4.76. The zero-order valence-corrected chi connectivity index (χ0v) is 11.4. The van der Waals surface area contributed by atoms with Gasteiger partial charge in [0.15, 0.2) is 5.69 Å². The second-order valence-corrected chi connectivity index (χ2v) is 4.13. The fraction of sp³-hybridized carbons (Fsp3) is 0.231. The van der Waals surface area contributed by atoms with Gasteiger partial charge in [-0.3, -0.25) is 0 Å². The van der Waals surface area contributed by atoms with Crippen LogP contribution in [0.25, 0.3) is 5.69 Å². The summed E-state index contributed by atoms with van der Waals surface area (Å²) in [6.45, 7) is 1.84. The van der Waals surface area contributed by atoms with Crippen LogP contribution in [0.1, 0.15) is 17.4 Å². The van der Waals surface area contributed by atoms with Crippen LogP contribution in [0.15, 0.2) is 30.3 Å². The summed E-state index contributed by atoms with van der Waals surface area (Å²) in [6.07, 6.45) is -4.76. The number of hydrogen-bond donors (Lipinski definition) is 1. The molecule has 0 saturated heterocycles. The van der Waals surface area contributed by atoms with Gasteiger partial charge in [0.25, 0.3) is 0 Å². The number of halogens is 3. The molecule has 0 radical (unpaired) electrons. The van der Waals surface area contributed by atoms with E-state index in [-0.39, 0.29) is 23.9 Å². The molecule has 0 aliphatic rings. The Labute approximate surface area is 123 Å². The Morgan fingerprint density at radius 1 is 1.32 bits per heavy atom. The molecule has 0 atom stereocenters. The van der Waals surface area contributed by atoms with Crippen LogP contribution >= 0.6 is 0 Å². The van der Waals surface area contributed by atoms with E-state index < -0.39 is 12.3 Å². The summed E-state index contributed by atoms with van der Waals surface area (Å²) >= 11 is 0. The van der Waals surface area contributed by atoms with Crippen molar-refractivity contribution < 1.29 is 27.4 Å². The Bertz CT molecular complexity index is 665. The number of nitrogens with zero attached hydrogens (tertiary/aromatic N) is 2. The lowest BCUT2D eigenvalue weighted by Crippen LogP contribution is -2.17. The first-order valence-electron chi connectivity index (χ1n) is 6.19. The summed E-state index contributed by atoms with van der Waals surface area (Å²) in [5.74, 6) is -0.856. The van der Waals surface area contributed by atoms with Crippen LogP contribution in [0.2, 0.25) is 0 Å². The number of nitrogens with two attached hydrogens (primary N) is 1. The number of alkyl halides is 3. The normalized spacial score (nSPS) is 11.3. The van der Waals surface area contributed by atoms with Crippen LogP contribution in [0.4, 0.5) is 19.0 Å². The zero-order chi connectivity index (χ0) is 16.3. The largest absolute Gasteiger partial charge is 0.573 e. The van der Waals surface area contributed by atoms with E-state index in [1.54, 1.807) is 6.92 Å². The molecule has 0 amide bonds. The highest BCUT2D eigenvalue weighted by atomic mass is 19.4. The van der Waals surface area contributed by atoms with Crippen molar-refractivity contribution in [3.8, 4) is 11.4 Å². The standard InChI is InChI=1S/C13H12F3N3O3/c1-2-21-12(20)10-7-11(17)19(18-10)8-3-5-9(6-4-8)22-13(14,15)16/h3-7H,2,17H2,1H3. The number of anilines is 1.